The summed E-state index contributed by atoms with van der Waals surface area (Å²) in [4.78, 5) is 17.3. The Balaban J connectivity index is 1.59. The third-order valence-corrected chi connectivity index (χ3v) is 5.84. The molecule has 0 fully saturated rings. The molecule has 5 nitrogen and oxygen atoms in total. The van der Waals surface area contributed by atoms with Crippen LogP contribution in [0.15, 0.2) is 66.7 Å². The fourth-order valence-electron chi connectivity index (χ4n) is 2.95. The van der Waals surface area contributed by atoms with Gasteiger partial charge in [0.2, 0.25) is 0 Å². The van der Waals surface area contributed by atoms with Crippen LogP contribution in [0.2, 0.25) is 5.02 Å². The molecule has 0 bridgehead atoms. The second-order valence-corrected chi connectivity index (χ2v) is 8.16. The molecule has 150 valence electrons. The maximum Gasteiger partial charge on any atom is 0.261 e. The highest BCUT2D eigenvalue weighted by Crippen LogP contribution is 2.36. The predicted octanol–water partition coefficient (Wildman–Crippen LogP) is 5.75. The summed E-state index contributed by atoms with van der Waals surface area (Å²) in [5.41, 5.74) is 2.81. The van der Waals surface area contributed by atoms with Crippen LogP contribution in [0, 0.1) is 0 Å². The summed E-state index contributed by atoms with van der Waals surface area (Å²) in [5.74, 6) is 0.111. The quantitative estimate of drug-likeness (QED) is 0.385. The summed E-state index contributed by atoms with van der Waals surface area (Å²) >= 11 is 13.2. The van der Waals surface area contributed by atoms with E-state index in [1.54, 1.807) is 41.7 Å². The second-order valence-electron chi connectivity index (χ2n) is 6.29. The monoisotopic (exact) mass is 453 g/mol. The second kappa shape index (κ2) is 8.79. The van der Waals surface area contributed by atoms with Crippen molar-refractivity contribution in [3.05, 3.63) is 77.3 Å². The average molecular weight is 454 g/mol. The fraction of sp³-hybridized carbons (Fsp3) is 0.0455. The van der Waals surface area contributed by atoms with Crippen molar-refractivity contribution in [2.24, 2.45) is 0 Å². The Kier molecular flexibility index (Phi) is 5.94. The summed E-state index contributed by atoms with van der Waals surface area (Å²) in [6.45, 7) is 0. The van der Waals surface area contributed by atoms with Crippen molar-refractivity contribution in [2.75, 3.05) is 12.4 Å². The molecule has 0 saturated heterocycles. The van der Waals surface area contributed by atoms with E-state index in [9.17, 15) is 4.79 Å². The predicted molar refractivity (Wildman–Crippen MR) is 127 cm³/mol. The molecule has 0 aliphatic carbocycles. The Morgan fingerprint density at radius 1 is 1.10 bits per heavy atom. The number of amides is 1. The van der Waals surface area contributed by atoms with Crippen molar-refractivity contribution in [3.63, 3.8) is 0 Å². The van der Waals surface area contributed by atoms with Gasteiger partial charge < -0.3 is 10.1 Å². The molecular weight excluding hydrogens is 438 g/mol. The average Bonchev–Trinajstić information content (AvgIpc) is 3.19. The molecule has 2 N–H and O–H groups in total. The van der Waals surface area contributed by atoms with Gasteiger partial charge in [0.15, 0.2) is 5.11 Å². The summed E-state index contributed by atoms with van der Waals surface area (Å²) in [6, 6.07) is 20.2. The van der Waals surface area contributed by atoms with Crippen molar-refractivity contribution in [3.8, 4) is 16.3 Å². The van der Waals surface area contributed by atoms with Crippen LogP contribution in [0.5, 0.6) is 5.75 Å². The zero-order valence-corrected chi connectivity index (χ0v) is 18.2. The summed E-state index contributed by atoms with van der Waals surface area (Å²) < 4.78 is 6.31. The van der Waals surface area contributed by atoms with Gasteiger partial charge in [0.25, 0.3) is 5.91 Å². The smallest absolute Gasteiger partial charge is 0.261 e. The molecule has 8 heteroatoms. The summed E-state index contributed by atoms with van der Waals surface area (Å²) in [5, 5.41) is 7.33. The lowest BCUT2D eigenvalue weighted by molar-refractivity contribution is 0.0975. The first kappa shape index (κ1) is 20.3. The number of anilines is 1. The van der Waals surface area contributed by atoms with Crippen LogP contribution in [-0.4, -0.2) is 23.1 Å². The lowest BCUT2D eigenvalue weighted by atomic mass is 10.2. The van der Waals surface area contributed by atoms with E-state index in [1.807, 2.05) is 36.4 Å². The van der Waals surface area contributed by atoms with E-state index in [2.05, 4.69) is 10.6 Å². The zero-order valence-electron chi connectivity index (χ0n) is 15.8. The normalized spacial score (nSPS) is 10.6. The van der Waals surface area contributed by atoms with Crippen LogP contribution in [-0.2, 0) is 0 Å². The van der Waals surface area contributed by atoms with Crippen LogP contribution >= 0.6 is 35.2 Å². The van der Waals surface area contributed by atoms with Crippen LogP contribution in [0.25, 0.3) is 20.8 Å². The van der Waals surface area contributed by atoms with Gasteiger partial charge in [-0.2, -0.15) is 0 Å². The number of para-hydroxylation sites is 2. The number of carbonyl (C=O) groups is 1. The number of aromatic nitrogens is 1. The van der Waals surface area contributed by atoms with Gasteiger partial charge in [0.05, 0.1) is 28.6 Å². The van der Waals surface area contributed by atoms with Crippen molar-refractivity contribution >= 4 is 62.1 Å². The van der Waals surface area contributed by atoms with Crippen LogP contribution < -0.4 is 15.4 Å². The van der Waals surface area contributed by atoms with E-state index < -0.39 is 0 Å². The number of nitrogens with zero attached hydrogens (tertiary/aromatic N) is 1. The first-order valence-corrected chi connectivity index (χ1v) is 10.6. The van der Waals surface area contributed by atoms with Crippen molar-refractivity contribution in [1.29, 1.82) is 0 Å². The fourth-order valence-corrected chi connectivity index (χ4v) is 4.32. The van der Waals surface area contributed by atoms with Gasteiger partial charge in [-0.05, 0) is 54.7 Å². The first-order chi connectivity index (χ1) is 14.5. The minimum Gasteiger partial charge on any atom is -0.496 e. The van der Waals surface area contributed by atoms with Gasteiger partial charge in [0.1, 0.15) is 10.8 Å². The molecule has 3 aromatic carbocycles. The third kappa shape index (κ3) is 4.28. The molecule has 0 atom stereocenters. The standard InChI is InChI=1S/C22H16ClN3O2S2/c1-28-18-8-4-2-6-14(18)20(27)26-22(29)25-16-11-10-13(23)12-15(16)21-24-17-7-3-5-9-19(17)30-21/h2-12H,1H3,(H2,25,26,27,29). The third-order valence-electron chi connectivity index (χ3n) is 4.33. The minimum atomic E-state index is -0.361. The number of fused-ring (bicyclic) bond motifs is 1. The van der Waals surface area contributed by atoms with Gasteiger partial charge in [-0.25, -0.2) is 4.98 Å². The number of carbonyl (C=O) groups excluding carboxylic acids is 1. The molecule has 0 saturated carbocycles. The Morgan fingerprint density at radius 3 is 2.67 bits per heavy atom. The molecule has 1 amide bonds. The molecule has 0 aliphatic rings. The first-order valence-electron chi connectivity index (χ1n) is 8.96. The summed E-state index contributed by atoms with van der Waals surface area (Å²) in [6.07, 6.45) is 0. The Labute approximate surface area is 187 Å². The maximum absolute atomic E-state index is 12.6. The number of hydrogen-bond donors (Lipinski definition) is 2. The molecule has 4 aromatic rings. The lowest BCUT2D eigenvalue weighted by Gasteiger charge is -2.14. The van der Waals surface area contributed by atoms with E-state index in [4.69, 9.17) is 33.5 Å². The van der Waals surface area contributed by atoms with Crippen LogP contribution in [0.4, 0.5) is 5.69 Å². The van der Waals surface area contributed by atoms with E-state index in [0.717, 1.165) is 20.8 Å². The lowest BCUT2D eigenvalue weighted by Crippen LogP contribution is -2.34. The Hall–Kier alpha value is -3.00. The largest absolute Gasteiger partial charge is 0.496 e. The van der Waals surface area contributed by atoms with Crippen LogP contribution in [0.1, 0.15) is 10.4 Å². The van der Waals surface area contributed by atoms with Gasteiger partial charge in [0, 0.05) is 10.6 Å². The van der Waals surface area contributed by atoms with E-state index in [-0.39, 0.29) is 11.0 Å². The number of hydrogen-bond acceptors (Lipinski definition) is 5. The number of benzene rings is 3. The molecule has 0 spiro atoms. The van der Waals surface area contributed by atoms with Gasteiger partial charge in [-0.1, -0.05) is 35.9 Å². The van der Waals surface area contributed by atoms with Gasteiger partial charge in [-0.3, -0.25) is 10.1 Å². The number of nitrogens with one attached hydrogen (secondary N) is 2. The number of rotatable bonds is 4. The Morgan fingerprint density at radius 2 is 1.87 bits per heavy atom. The highest BCUT2D eigenvalue weighted by molar-refractivity contribution is 7.80. The zero-order chi connectivity index (χ0) is 21.1. The van der Waals surface area contributed by atoms with Crippen molar-refractivity contribution < 1.29 is 9.53 Å². The molecule has 1 heterocycles. The SMILES string of the molecule is COc1ccccc1C(=O)NC(=S)Nc1ccc(Cl)cc1-c1nc2ccccc2s1. The summed E-state index contributed by atoms with van der Waals surface area (Å²) in [7, 11) is 1.51. The topological polar surface area (TPSA) is 63.2 Å². The molecular formula is C22H16ClN3O2S2. The number of thiazole rings is 1. The number of methoxy groups -OCH3 is 1. The van der Waals surface area contributed by atoms with Gasteiger partial charge >= 0.3 is 0 Å². The molecule has 0 aliphatic heterocycles. The maximum atomic E-state index is 12.6. The van der Waals surface area contributed by atoms with Crippen molar-refractivity contribution in [1.82, 2.24) is 10.3 Å². The van der Waals surface area contributed by atoms with E-state index in [1.165, 1.54) is 7.11 Å². The number of halogens is 1. The highest BCUT2D eigenvalue weighted by atomic mass is 35.5. The molecule has 30 heavy (non-hydrogen) atoms. The van der Waals surface area contributed by atoms with E-state index >= 15 is 0 Å². The molecule has 4 rings (SSSR count). The Bertz CT molecular complexity index is 1220. The molecule has 1 aromatic heterocycles. The number of ether oxygens (including phenoxy) is 1. The molecule has 0 radical (unpaired) electrons. The molecule has 0 unspecified atom stereocenters. The van der Waals surface area contributed by atoms with Gasteiger partial charge in [-0.15, -0.1) is 11.3 Å². The number of thiocarbonyl (C=S) groups is 1. The van der Waals surface area contributed by atoms with Crippen molar-refractivity contribution in [2.45, 2.75) is 0 Å². The van der Waals surface area contributed by atoms with Crippen LogP contribution in [0.3, 0.4) is 0 Å². The van der Waals surface area contributed by atoms with E-state index in [0.29, 0.717) is 22.0 Å². The highest BCUT2D eigenvalue weighted by Gasteiger charge is 2.16. The minimum absolute atomic E-state index is 0.163.